The number of benzene rings is 1. The Balaban J connectivity index is 2.40. The molecule has 0 radical (unpaired) electrons. The van der Waals surface area contributed by atoms with Crippen LogP contribution in [-0.4, -0.2) is 0 Å². The zero-order valence-electron chi connectivity index (χ0n) is 8.08. The molecule has 0 aliphatic carbocycles. The van der Waals surface area contributed by atoms with E-state index in [-0.39, 0.29) is 11.9 Å². The summed E-state index contributed by atoms with van der Waals surface area (Å²) in [5.74, 6) is -0.295. The molecule has 1 nitrogen and oxygen atoms in total. The molecule has 2 aromatic rings. The molecule has 0 spiro atoms. The zero-order valence-corrected chi connectivity index (χ0v) is 11.2. The molecule has 0 amide bonds. The molecule has 1 atom stereocenters. The van der Waals surface area contributed by atoms with Gasteiger partial charge in [-0.15, -0.1) is 11.3 Å². The quantitative estimate of drug-likeness (QED) is 0.874. The lowest BCUT2D eigenvalue weighted by molar-refractivity contribution is 0.623. The van der Waals surface area contributed by atoms with Crippen molar-refractivity contribution in [1.29, 1.82) is 0 Å². The van der Waals surface area contributed by atoms with Crippen molar-refractivity contribution in [3.63, 3.8) is 0 Å². The monoisotopic (exact) mass is 319 g/mol. The summed E-state index contributed by atoms with van der Waals surface area (Å²) in [7, 11) is 0. The molecule has 0 aliphatic rings. The van der Waals surface area contributed by atoms with Gasteiger partial charge in [0, 0.05) is 9.35 Å². The highest BCUT2D eigenvalue weighted by Gasteiger charge is 2.14. The molecule has 0 bridgehead atoms. The van der Waals surface area contributed by atoms with Crippen molar-refractivity contribution in [3.05, 3.63) is 55.4 Å². The van der Waals surface area contributed by atoms with Crippen LogP contribution in [0.2, 0.25) is 4.34 Å². The van der Waals surface area contributed by atoms with Gasteiger partial charge in [0.15, 0.2) is 0 Å². The lowest BCUT2D eigenvalue weighted by Gasteiger charge is -2.12. The molecule has 2 rings (SSSR count). The minimum atomic E-state index is -0.359. The van der Waals surface area contributed by atoms with Crippen molar-refractivity contribution in [1.82, 2.24) is 0 Å². The van der Waals surface area contributed by atoms with Crippen molar-refractivity contribution in [2.45, 2.75) is 6.04 Å². The lowest BCUT2D eigenvalue weighted by Crippen LogP contribution is -2.11. The van der Waals surface area contributed by atoms with Crippen molar-refractivity contribution in [3.8, 4) is 0 Å². The maximum Gasteiger partial charge on any atom is 0.123 e. The summed E-state index contributed by atoms with van der Waals surface area (Å²) in [6.07, 6.45) is 0. The average Bonchev–Trinajstić information content (AvgIpc) is 2.67. The van der Waals surface area contributed by atoms with Crippen LogP contribution in [0.3, 0.4) is 0 Å². The van der Waals surface area contributed by atoms with Gasteiger partial charge in [0.05, 0.1) is 10.4 Å². The topological polar surface area (TPSA) is 26.0 Å². The summed E-state index contributed by atoms with van der Waals surface area (Å²) in [4.78, 5) is 0.913. The molecule has 1 aromatic carbocycles. The normalized spacial score (nSPS) is 12.8. The van der Waals surface area contributed by atoms with Crippen LogP contribution in [0, 0.1) is 5.82 Å². The van der Waals surface area contributed by atoms with E-state index >= 15 is 0 Å². The fourth-order valence-corrected chi connectivity index (χ4v) is 2.98. The molecule has 2 N–H and O–H groups in total. The van der Waals surface area contributed by atoms with E-state index in [4.69, 9.17) is 17.3 Å². The molecule has 0 fully saturated rings. The second-order valence-electron chi connectivity index (χ2n) is 3.29. The smallest absolute Gasteiger partial charge is 0.123 e. The summed E-state index contributed by atoms with van der Waals surface area (Å²) in [6, 6.07) is 7.76. The van der Waals surface area contributed by atoms with Gasteiger partial charge < -0.3 is 5.73 Å². The first kappa shape index (κ1) is 12.0. The fourth-order valence-electron chi connectivity index (χ4n) is 1.40. The molecule has 0 aliphatic heterocycles. The number of nitrogens with two attached hydrogens (primary N) is 1. The summed E-state index contributed by atoms with van der Waals surface area (Å²) >= 11 is 10.6. The van der Waals surface area contributed by atoms with Gasteiger partial charge in [-0.3, -0.25) is 0 Å². The van der Waals surface area contributed by atoms with E-state index in [0.29, 0.717) is 4.34 Å². The third kappa shape index (κ3) is 2.46. The van der Waals surface area contributed by atoms with Crippen LogP contribution in [-0.2, 0) is 0 Å². The van der Waals surface area contributed by atoms with Gasteiger partial charge in [0.25, 0.3) is 0 Å². The van der Waals surface area contributed by atoms with Gasteiger partial charge in [-0.05, 0) is 35.9 Å². The Hall–Kier alpha value is -0.420. The van der Waals surface area contributed by atoms with Crippen LogP contribution in [0.5, 0.6) is 0 Å². The van der Waals surface area contributed by atoms with Crippen molar-refractivity contribution in [2.75, 3.05) is 0 Å². The van der Waals surface area contributed by atoms with Crippen molar-refractivity contribution < 1.29 is 4.39 Å². The standard InChI is InChI=1S/C11H8BrClFNS/c12-8-2-1-6(14)5-7(8)11(15)9-3-4-10(13)16-9/h1-5,11H,15H2. The molecular weight excluding hydrogens is 313 g/mol. The number of rotatable bonds is 2. The molecule has 16 heavy (non-hydrogen) atoms. The summed E-state index contributed by atoms with van der Waals surface area (Å²) in [6.45, 7) is 0. The van der Waals surface area contributed by atoms with Crippen molar-refractivity contribution >= 4 is 38.9 Å². The van der Waals surface area contributed by atoms with E-state index < -0.39 is 0 Å². The molecule has 1 heterocycles. The third-order valence-corrected chi connectivity index (χ3v) is 4.23. The first-order valence-electron chi connectivity index (χ1n) is 4.53. The Morgan fingerprint density at radius 1 is 1.31 bits per heavy atom. The Morgan fingerprint density at radius 3 is 2.69 bits per heavy atom. The first-order chi connectivity index (χ1) is 7.58. The van der Waals surface area contributed by atoms with Gasteiger partial charge in [-0.2, -0.15) is 0 Å². The van der Waals surface area contributed by atoms with Crippen LogP contribution in [0.4, 0.5) is 4.39 Å². The van der Waals surface area contributed by atoms with Crippen LogP contribution >= 0.6 is 38.9 Å². The van der Waals surface area contributed by atoms with Crippen LogP contribution < -0.4 is 5.73 Å². The van der Waals surface area contributed by atoms with E-state index in [0.717, 1.165) is 14.9 Å². The van der Waals surface area contributed by atoms with Gasteiger partial charge in [0.2, 0.25) is 0 Å². The average molecular weight is 321 g/mol. The van der Waals surface area contributed by atoms with Crippen LogP contribution in [0.25, 0.3) is 0 Å². The number of hydrogen-bond donors (Lipinski definition) is 1. The SMILES string of the molecule is NC(c1ccc(Cl)s1)c1cc(F)ccc1Br. The molecule has 1 aromatic heterocycles. The largest absolute Gasteiger partial charge is 0.320 e. The number of thiophene rings is 1. The van der Waals surface area contributed by atoms with Crippen LogP contribution in [0.1, 0.15) is 16.5 Å². The maximum atomic E-state index is 13.1. The molecule has 0 saturated heterocycles. The molecule has 1 unspecified atom stereocenters. The molecule has 84 valence electrons. The highest BCUT2D eigenvalue weighted by Crippen LogP contribution is 2.32. The highest BCUT2D eigenvalue weighted by molar-refractivity contribution is 9.10. The minimum absolute atomic E-state index is 0.295. The molecular formula is C11H8BrClFNS. The second kappa shape index (κ2) is 4.84. The molecule has 5 heteroatoms. The maximum absolute atomic E-state index is 13.1. The third-order valence-electron chi connectivity index (χ3n) is 2.19. The van der Waals surface area contributed by atoms with Gasteiger partial charge >= 0.3 is 0 Å². The van der Waals surface area contributed by atoms with E-state index in [2.05, 4.69) is 15.9 Å². The van der Waals surface area contributed by atoms with E-state index in [9.17, 15) is 4.39 Å². The van der Waals surface area contributed by atoms with E-state index in [1.165, 1.54) is 23.5 Å². The summed E-state index contributed by atoms with van der Waals surface area (Å²) < 4.78 is 14.6. The second-order valence-corrected chi connectivity index (χ2v) is 5.89. The van der Waals surface area contributed by atoms with Gasteiger partial charge in [-0.1, -0.05) is 27.5 Å². The highest BCUT2D eigenvalue weighted by atomic mass is 79.9. The Bertz CT molecular complexity index is 514. The predicted octanol–water partition coefficient (Wildman–Crippen LogP) is 4.35. The number of halogens is 3. The molecule has 0 saturated carbocycles. The Morgan fingerprint density at radius 2 is 2.06 bits per heavy atom. The predicted molar refractivity (Wildman–Crippen MR) is 69.5 cm³/mol. The Kier molecular flexibility index (Phi) is 3.64. The zero-order chi connectivity index (χ0) is 11.7. The van der Waals surface area contributed by atoms with E-state index in [1.54, 1.807) is 12.1 Å². The van der Waals surface area contributed by atoms with Crippen molar-refractivity contribution in [2.24, 2.45) is 5.73 Å². The number of hydrogen-bond acceptors (Lipinski definition) is 2. The minimum Gasteiger partial charge on any atom is -0.320 e. The fraction of sp³-hybridized carbons (Fsp3) is 0.0909. The summed E-state index contributed by atoms with van der Waals surface area (Å²) in [5.41, 5.74) is 6.78. The van der Waals surface area contributed by atoms with Crippen LogP contribution in [0.15, 0.2) is 34.8 Å². The van der Waals surface area contributed by atoms with E-state index in [1.807, 2.05) is 6.07 Å². The Labute approximate surface area is 110 Å². The van der Waals surface area contributed by atoms with Gasteiger partial charge in [0.1, 0.15) is 5.82 Å². The van der Waals surface area contributed by atoms with Gasteiger partial charge in [-0.25, -0.2) is 4.39 Å². The first-order valence-corrected chi connectivity index (χ1v) is 6.52. The summed E-state index contributed by atoms with van der Waals surface area (Å²) in [5, 5.41) is 0. The lowest BCUT2D eigenvalue weighted by atomic mass is 10.1.